The molecular formula is C17H35IN2O4Si. The normalized spacial score (nSPS) is 19.5. The first-order valence-electron chi connectivity index (χ1n) is 8.90. The standard InChI is InChI=1S/C17H35IN2O4Si/c1-16(2,3)25(6,7)24-14(18)13(12-17(4,5)22)19-15(21)20-8-10-23-11-9-20/h13-14,22H,8-12H2,1-7H3,(H,19,21). The van der Waals surface area contributed by atoms with E-state index in [4.69, 9.17) is 9.16 Å². The number of halogens is 1. The summed E-state index contributed by atoms with van der Waals surface area (Å²) in [5.41, 5.74) is -0.886. The lowest BCUT2D eigenvalue weighted by atomic mass is 10.00. The van der Waals surface area contributed by atoms with E-state index in [0.29, 0.717) is 32.7 Å². The number of amides is 2. The van der Waals surface area contributed by atoms with Crippen molar-refractivity contribution >= 4 is 36.9 Å². The Kier molecular flexibility index (Phi) is 8.20. The maximum Gasteiger partial charge on any atom is 0.317 e. The van der Waals surface area contributed by atoms with E-state index in [1.54, 1.807) is 18.7 Å². The van der Waals surface area contributed by atoms with Crippen LogP contribution in [0.3, 0.4) is 0 Å². The molecule has 2 amide bonds. The van der Waals surface area contributed by atoms with E-state index in [2.05, 4.69) is 61.8 Å². The van der Waals surface area contributed by atoms with Crippen LogP contribution in [-0.4, -0.2) is 66.4 Å². The Morgan fingerprint density at radius 1 is 1.28 bits per heavy atom. The van der Waals surface area contributed by atoms with Gasteiger partial charge in [0.15, 0.2) is 8.32 Å². The van der Waals surface area contributed by atoms with Gasteiger partial charge < -0.3 is 24.5 Å². The van der Waals surface area contributed by atoms with Gasteiger partial charge in [0, 0.05) is 13.1 Å². The molecule has 1 heterocycles. The van der Waals surface area contributed by atoms with Gasteiger partial charge in [0.1, 0.15) is 4.11 Å². The third-order valence-corrected chi connectivity index (χ3v) is 10.9. The van der Waals surface area contributed by atoms with Crippen molar-refractivity contribution in [1.29, 1.82) is 0 Å². The molecule has 0 aromatic carbocycles. The average Bonchev–Trinajstić information content (AvgIpc) is 2.44. The van der Waals surface area contributed by atoms with E-state index in [9.17, 15) is 9.90 Å². The van der Waals surface area contributed by atoms with Crippen LogP contribution in [0.5, 0.6) is 0 Å². The first-order valence-corrected chi connectivity index (χ1v) is 13.1. The molecule has 1 rings (SSSR count). The van der Waals surface area contributed by atoms with Crippen LogP contribution in [0.1, 0.15) is 41.0 Å². The number of morpholine rings is 1. The molecule has 2 unspecified atom stereocenters. The van der Waals surface area contributed by atoms with Gasteiger partial charge in [0.25, 0.3) is 0 Å². The number of carbonyl (C=O) groups excluding carboxylic acids is 1. The number of alkyl halides is 1. The zero-order chi connectivity index (χ0) is 19.5. The van der Waals surface area contributed by atoms with Gasteiger partial charge in [0.05, 0.1) is 24.9 Å². The second-order valence-electron chi connectivity index (χ2n) is 8.90. The van der Waals surface area contributed by atoms with Crippen LogP contribution >= 0.6 is 22.6 Å². The number of ether oxygens (including phenoxy) is 1. The van der Waals surface area contributed by atoms with E-state index < -0.39 is 13.9 Å². The molecule has 0 bridgehead atoms. The number of carbonyl (C=O) groups is 1. The number of hydrogen-bond donors (Lipinski definition) is 2. The van der Waals surface area contributed by atoms with Crippen molar-refractivity contribution in [2.24, 2.45) is 0 Å². The minimum Gasteiger partial charge on any atom is -0.403 e. The van der Waals surface area contributed by atoms with E-state index in [1.165, 1.54) is 0 Å². The fourth-order valence-electron chi connectivity index (χ4n) is 2.30. The Labute approximate surface area is 167 Å². The van der Waals surface area contributed by atoms with Gasteiger partial charge in [-0.25, -0.2) is 4.79 Å². The van der Waals surface area contributed by atoms with Crippen LogP contribution in [-0.2, 0) is 9.16 Å². The van der Waals surface area contributed by atoms with Crippen molar-refractivity contribution in [3.05, 3.63) is 0 Å². The lowest BCUT2D eigenvalue weighted by Gasteiger charge is -2.41. The molecule has 0 aliphatic carbocycles. The molecular weight excluding hydrogens is 451 g/mol. The monoisotopic (exact) mass is 486 g/mol. The topological polar surface area (TPSA) is 71.0 Å². The number of rotatable bonds is 6. The van der Waals surface area contributed by atoms with E-state index in [0.717, 1.165) is 0 Å². The van der Waals surface area contributed by atoms with Crippen LogP contribution in [0.2, 0.25) is 18.1 Å². The van der Waals surface area contributed by atoms with Crippen molar-refractivity contribution < 1.29 is 19.1 Å². The van der Waals surface area contributed by atoms with Gasteiger partial charge in [-0.1, -0.05) is 43.4 Å². The minimum atomic E-state index is -1.97. The van der Waals surface area contributed by atoms with Crippen molar-refractivity contribution in [3.8, 4) is 0 Å². The highest BCUT2D eigenvalue weighted by Crippen LogP contribution is 2.39. The van der Waals surface area contributed by atoms with Crippen LogP contribution in [0, 0.1) is 0 Å². The molecule has 1 aliphatic heterocycles. The van der Waals surface area contributed by atoms with E-state index in [-0.39, 0.29) is 21.2 Å². The fourth-order valence-corrected chi connectivity index (χ4v) is 5.73. The summed E-state index contributed by atoms with van der Waals surface area (Å²) in [6.07, 6.45) is 0.436. The quantitative estimate of drug-likeness (QED) is 0.343. The van der Waals surface area contributed by atoms with Crippen LogP contribution < -0.4 is 5.32 Å². The number of nitrogens with zero attached hydrogens (tertiary/aromatic N) is 1. The molecule has 0 spiro atoms. The van der Waals surface area contributed by atoms with Gasteiger partial charge in [-0.3, -0.25) is 0 Å². The summed E-state index contributed by atoms with van der Waals surface area (Å²) in [6.45, 7) is 16.8. The zero-order valence-corrected chi connectivity index (χ0v) is 19.8. The van der Waals surface area contributed by atoms with Gasteiger partial charge in [-0.2, -0.15) is 0 Å². The molecule has 25 heavy (non-hydrogen) atoms. The van der Waals surface area contributed by atoms with Crippen molar-refractivity contribution in [2.45, 2.75) is 74.9 Å². The molecule has 0 radical (unpaired) electrons. The zero-order valence-electron chi connectivity index (χ0n) is 16.7. The Balaban J connectivity index is 2.82. The number of urea groups is 1. The van der Waals surface area contributed by atoms with Gasteiger partial charge in [0.2, 0.25) is 0 Å². The summed E-state index contributed by atoms with van der Waals surface area (Å²) in [5.74, 6) is 0. The predicted octanol–water partition coefficient (Wildman–Crippen LogP) is 3.34. The lowest BCUT2D eigenvalue weighted by molar-refractivity contribution is 0.0399. The van der Waals surface area contributed by atoms with E-state index >= 15 is 0 Å². The highest BCUT2D eigenvalue weighted by Gasteiger charge is 2.41. The molecule has 1 fully saturated rings. The largest absolute Gasteiger partial charge is 0.403 e. The molecule has 0 saturated carbocycles. The number of hydrogen-bond acceptors (Lipinski definition) is 4. The molecule has 1 saturated heterocycles. The Morgan fingerprint density at radius 3 is 2.24 bits per heavy atom. The third-order valence-electron chi connectivity index (χ3n) is 4.86. The molecule has 2 atom stereocenters. The SMILES string of the molecule is CC(C)(O)CC(NC(=O)N1CCOCC1)C(I)O[Si](C)(C)C(C)(C)C. The summed E-state index contributed by atoms with van der Waals surface area (Å²) in [4.78, 5) is 14.4. The van der Waals surface area contributed by atoms with Gasteiger partial charge in [-0.15, -0.1) is 0 Å². The Bertz CT molecular complexity index is 443. The Morgan fingerprint density at radius 2 is 1.80 bits per heavy atom. The van der Waals surface area contributed by atoms with Gasteiger partial charge in [-0.05, 0) is 38.4 Å². The molecule has 0 aromatic heterocycles. The van der Waals surface area contributed by atoms with Crippen molar-refractivity contribution in [1.82, 2.24) is 10.2 Å². The summed E-state index contributed by atoms with van der Waals surface area (Å²) in [7, 11) is -1.97. The first-order chi connectivity index (χ1) is 11.2. The second kappa shape index (κ2) is 8.86. The molecule has 148 valence electrons. The molecule has 1 aliphatic rings. The smallest absolute Gasteiger partial charge is 0.317 e. The maximum absolute atomic E-state index is 12.6. The highest BCUT2D eigenvalue weighted by molar-refractivity contribution is 14.1. The first kappa shape index (κ1) is 23.1. The fraction of sp³-hybridized carbons (Fsp3) is 0.941. The van der Waals surface area contributed by atoms with Crippen LogP contribution in [0.25, 0.3) is 0 Å². The predicted molar refractivity (Wildman–Crippen MR) is 112 cm³/mol. The van der Waals surface area contributed by atoms with Gasteiger partial charge >= 0.3 is 6.03 Å². The second-order valence-corrected chi connectivity index (χ2v) is 14.9. The summed E-state index contributed by atoms with van der Waals surface area (Å²) >= 11 is 2.26. The highest BCUT2D eigenvalue weighted by atomic mass is 127. The average molecular weight is 486 g/mol. The minimum absolute atomic E-state index is 0.0872. The lowest BCUT2D eigenvalue weighted by Crippen LogP contribution is -2.55. The molecule has 8 heteroatoms. The summed E-state index contributed by atoms with van der Waals surface area (Å²) in [6, 6.07) is -0.372. The number of aliphatic hydroxyl groups is 1. The third kappa shape index (κ3) is 7.70. The summed E-state index contributed by atoms with van der Waals surface area (Å²) in [5, 5.41) is 13.5. The van der Waals surface area contributed by atoms with Crippen molar-refractivity contribution in [2.75, 3.05) is 26.3 Å². The van der Waals surface area contributed by atoms with Crippen LogP contribution in [0.4, 0.5) is 4.79 Å². The Hall–Kier alpha value is 0.0969. The van der Waals surface area contributed by atoms with Crippen LogP contribution in [0.15, 0.2) is 0 Å². The summed E-state index contributed by atoms with van der Waals surface area (Å²) < 4.78 is 11.6. The molecule has 0 aromatic rings. The van der Waals surface area contributed by atoms with Crippen molar-refractivity contribution in [3.63, 3.8) is 0 Å². The molecule has 2 N–H and O–H groups in total. The maximum atomic E-state index is 12.6. The van der Waals surface area contributed by atoms with E-state index in [1.807, 2.05) is 0 Å². The number of nitrogens with one attached hydrogen (secondary N) is 1. The molecule has 6 nitrogen and oxygen atoms in total.